The molecule has 1 aromatic heterocycles. The molecule has 0 aliphatic heterocycles. The maximum Gasteiger partial charge on any atom is 0.256 e. The minimum Gasteiger partial charge on any atom is -0.380 e. The summed E-state index contributed by atoms with van der Waals surface area (Å²) in [5.41, 5.74) is 2.44. The molecule has 3 rings (SSSR count). The number of hydrogen-bond donors (Lipinski definition) is 1. The standard InChI is InChI=1S/C19H19N3O2S/c1-24-13-14-7-6-8-15(11-14)19(23)21-18-17(25-2)12-20-22(18)16-9-4-3-5-10-16/h3-12H,13H2,1-2H3,(H,21,23). The highest BCUT2D eigenvalue weighted by molar-refractivity contribution is 7.98. The van der Waals surface area contributed by atoms with Crippen LogP contribution in [0.3, 0.4) is 0 Å². The number of ether oxygens (including phenoxy) is 1. The Balaban J connectivity index is 1.91. The van der Waals surface area contributed by atoms with Crippen LogP contribution in [0.5, 0.6) is 0 Å². The maximum absolute atomic E-state index is 12.7. The molecule has 0 atom stereocenters. The number of carbonyl (C=O) groups is 1. The molecule has 0 bridgehead atoms. The van der Waals surface area contributed by atoms with Crippen LogP contribution >= 0.6 is 11.8 Å². The first kappa shape index (κ1) is 17.3. The molecule has 2 aromatic carbocycles. The highest BCUT2D eigenvalue weighted by Crippen LogP contribution is 2.28. The highest BCUT2D eigenvalue weighted by Gasteiger charge is 2.16. The number of nitrogens with one attached hydrogen (secondary N) is 1. The number of thioether (sulfide) groups is 1. The monoisotopic (exact) mass is 353 g/mol. The number of carbonyl (C=O) groups excluding carboxylic acids is 1. The van der Waals surface area contributed by atoms with E-state index in [1.165, 1.54) is 0 Å². The summed E-state index contributed by atoms with van der Waals surface area (Å²) in [5.74, 6) is 0.492. The topological polar surface area (TPSA) is 56.1 Å². The van der Waals surface area contributed by atoms with Crippen LogP contribution in [0.15, 0.2) is 65.7 Å². The number of para-hydroxylation sites is 1. The fourth-order valence-corrected chi connectivity index (χ4v) is 2.99. The van der Waals surface area contributed by atoms with Gasteiger partial charge in [-0.15, -0.1) is 11.8 Å². The summed E-state index contributed by atoms with van der Waals surface area (Å²) in [5, 5.41) is 7.41. The third-order valence-electron chi connectivity index (χ3n) is 3.69. The highest BCUT2D eigenvalue weighted by atomic mass is 32.2. The number of amides is 1. The van der Waals surface area contributed by atoms with Crippen LogP contribution in [0, 0.1) is 0 Å². The minimum atomic E-state index is -0.175. The van der Waals surface area contributed by atoms with Crippen molar-refractivity contribution in [3.63, 3.8) is 0 Å². The van der Waals surface area contributed by atoms with Crippen molar-refractivity contribution in [1.29, 1.82) is 0 Å². The van der Waals surface area contributed by atoms with Crippen molar-refractivity contribution in [2.24, 2.45) is 0 Å². The van der Waals surface area contributed by atoms with E-state index in [2.05, 4.69) is 10.4 Å². The molecule has 3 aromatic rings. The molecule has 5 nitrogen and oxygen atoms in total. The van der Waals surface area contributed by atoms with Gasteiger partial charge in [0.1, 0.15) is 5.82 Å². The van der Waals surface area contributed by atoms with Crippen LogP contribution in [-0.2, 0) is 11.3 Å². The van der Waals surface area contributed by atoms with Crippen molar-refractivity contribution in [3.8, 4) is 5.69 Å². The average Bonchev–Trinajstić information content (AvgIpc) is 3.05. The van der Waals surface area contributed by atoms with Gasteiger partial charge >= 0.3 is 0 Å². The molecule has 1 N–H and O–H groups in total. The first-order valence-corrected chi connectivity index (χ1v) is 9.02. The summed E-state index contributed by atoms with van der Waals surface area (Å²) in [6.45, 7) is 0.471. The molecule has 0 saturated heterocycles. The van der Waals surface area contributed by atoms with E-state index >= 15 is 0 Å². The Kier molecular flexibility index (Phi) is 5.53. The SMILES string of the molecule is COCc1cccc(C(=O)Nc2c(SC)cnn2-c2ccccc2)c1. The Morgan fingerprint density at radius 3 is 2.72 bits per heavy atom. The Labute approximate surface area is 151 Å². The molecular weight excluding hydrogens is 334 g/mol. The fraction of sp³-hybridized carbons (Fsp3) is 0.158. The first-order chi connectivity index (χ1) is 12.2. The van der Waals surface area contributed by atoms with Gasteiger partial charge in [-0.2, -0.15) is 5.10 Å². The quantitative estimate of drug-likeness (QED) is 0.681. The van der Waals surface area contributed by atoms with Crippen LogP contribution in [-0.4, -0.2) is 29.1 Å². The number of aromatic nitrogens is 2. The van der Waals surface area contributed by atoms with E-state index in [1.807, 2.05) is 54.8 Å². The van der Waals surface area contributed by atoms with Crippen LogP contribution in [0.25, 0.3) is 5.69 Å². The molecule has 128 valence electrons. The lowest BCUT2D eigenvalue weighted by Crippen LogP contribution is -2.16. The van der Waals surface area contributed by atoms with E-state index in [0.29, 0.717) is 18.0 Å². The van der Waals surface area contributed by atoms with Gasteiger partial charge in [0, 0.05) is 12.7 Å². The molecule has 6 heteroatoms. The summed E-state index contributed by atoms with van der Waals surface area (Å²) < 4.78 is 6.87. The maximum atomic E-state index is 12.7. The predicted octanol–water partition coefficient (Wildman–Crippen LogP) is 3.99. The summed E-state index contributed by atoms with van der Waals surface area (Å²) in [4.78, 5) is 13.6. The van der Waals surface area contributed by atoms with Crippen molar-refractivity contribution >= 4 is 23.5 Å². The molecule has 0 saturated carbocycles. The van der Waals surface area contributed by atoms with Crippen LogP contribution in [0.4, 0.5) is 5.82 Å². The van der Waals surface area contributed by atoms with Gasteiger partial charge in [-0.3, -0.25) is 4.79 Å². The smallest absolute Gasteiger partial charge is 0.256 e. The summed E-state index contributed by atoms with van der Waals surface area (Å²) in [7, 11) is 1.63. The van der Waals surface area contributed by atoms with Crippen LogP contribution in [0.2, 0.25) is 0 Å². The summed E-state index contributed by atoms with van der Waals surface area (Å²) in [6.07, 6.45) is 3.72. The van der Waals surface area contributed by atoms with Crippen LogP contribution in [0.1, 0.15) is 15.9 Å². The van der Waals surface area contributed by atoms with Gasteiger partial charge < -0.3 is 10.1 Å². The molecule has 0 aliphatic carbocycles. The molecule has 0 radical (unpaired) electrons. The van der Waals surface area contributed by atoms with Gasteiger partial charge in [-0.05, 0) is 36.1 Å². The molecule has 25 heavy (non-hydrogen) atoms. The summed E-state index contributed by atoms with van der Waals surface area (Å²) >= 11 is 1.54. The van der Waals surface area contributed by atoms with Gasteiger partial charge in [0.15, 0.2) is 0 Å². The predicted molar refractivity (Wildman–Crippen MR) is 100 cm³/mol. The van der Waals surface area contributed by atoms with E-state index < -0.39 is 0 Å². The van der Waals surface area contributed by atoms with E-state index in [-0.39, 0.29) is 5.91 Å². The second-order valence-corrected chi connectivity index (χ2v) is 6.24. The third kappa shape index (κ3) is 3.92. The number of nitrogens with zero attached hydrogens (tertiary/aromatic N) is 2. The minimum absolute atomic E-state index is 0.175. The van der Waals surface area contributed by atoms with E-state index in [1.54, 1.807) is 35.8 Å². The Morgan fingerprint density at radius 2 is 2.00 bits per heavy atom. The Morgan fingerprint density at radius 1 is 1.20 bits per heavy atom. The molecule has 0 unspecified atom stereocenters. The van der Waals surface area contributed by atoms with Gasteiger partial charge in [0.2, 0.25) is 0 Å². The fourth-order valence-electron chi connectivity index (χ4n) is 2.51. The van der Waals surface area contributed by atoms with E-state index in [9.17, 15) is 4.79 Å². The van der Waals surface area contributed by atoms with Gasteiger partial charge in [-0.1, -0.05) is 30.3 Å². The normalized spacial score (nSPS) is 10.6. The molecule has 0 fully saturated rings. The number of benzene rings is 2. The number of hydrogen-bond acceptors (Lipinski definition) is 4. The lowest BCUT2D eigenvalue weighted by atomic mass is 10.1. The van der Waals surface area contributed by atoms with Gasteiger partial charge in [-0.25, -0.2) is 4.68 Å². The van der Waals surface area contributed by atoms with Gasteiger partial charge in [0.25, 0.3) is 5.91 Å². The van der Waals surface area contributed by atoms with Crippen LogP contribution < -0.4 is 5.32 Å². The average molecular weight is 353 g/mol. The Hall–Kier alpha value is -2.57. The number of methoxy groups -OCH3 is 1. The lowest BCUT2D eigenvalue weighted by Gasteiger charge is -2.11. The number of anilines is 1. The molecule has 0 aliphatic rings. The van der Waals surface area contributed by atoms with Crippen molar-refractivity contribution in [2.45, 2.75) is 11.5 Å². The Bertz CT molecular complexity index is 862. The first-order valence-electron chi connectivity index (χ1n) is 7.79. The van der Waals surface area contributed by atoms with E-state index in [4.69, 9.17) is 4.74 Å². The zero-order chi connectivity index (χ0) is 17.6. The van der Waals surface area contributed by atoms with Crippen molar-refractivity contribution in [3.05, 3.63) is 71.9 Å². The second-order valence-electron chi connectivity index (χ2n) is 5.40. The molecule has 1 heterocycles. The second kappa shape index (κ2) is 8.00. The molecule has 1 amide bonds. The summed E-state index contributed by atoms with van der Waals surface area (Å²) in [6, 6.07) is 17.1. The third-order valence-corrected chi connectivity index (χ3v) is 4.43. The van der Waals surface area contributed by atoms with Crippen molar-refractivity contribution in [2.75, 3.05) is 18.7 Å². The molecular formula is C19H19N3O2S. The number of rotatable bonds is 6. The van der Waals surface area contributed by atoms with Crippen molar-refractivity contribution in [1.82, 2.24) is 9.78 Å². The van der Waals surface area contributed by atoms with E-state index in [0.717, 1.165) is 16.1 Å². The van der Waals surface area contributed by atoms with Gasteiger partial charge in [0.05, 0.1) is 23.4 Å². The zero-order valence-electron chi connectivity index (χ0n) is 14.1. The molecule has 0 spiro atoms. The lowest BCUT2D eigenvalue weighted by molar-refractivity contribution is 0.102. The largest absolute Gasteiger partial charge is 0.380 e. The zero-order valence-corrected chi connectivity index (χ0v) is 14.9. The van der Waals surface area contributed by atoms with Crippen molar-refractivity contribution < 1.29 is 9.53 Å².